The molecule has 0 atom stereocenters. The molecule has 0 fully saturated rings. The van der Waals surface area contributed by atoms with E-state index in [0.717, 1.165) is 10.4 Å². The quantitative estimate of drug-likeness (QED) is 0.144. The fourth-order valence-corrected chi connectivity index (χ4v) is 10.4. The summed E-state index contributed by atoms with van der Waals surface area (Å²) in [7, 11) is -1.48. The number of fused-ring (bicyclic) bond motifs is 1. The maximum atomic E-state index is 15.6. The molecule has 0 bridgehead atoms. The van der Waals surface area contributed by atoms with Gasteiger partial charge in [0.1, 0.15) is 30.3 Å². The van der Waals surface area contributed by atoms with Gasteiger partial charge in [0.15, 0.2) is 11.5 Å². The lowest BCUT2D eigenvalue weighted by atomic mass is 10.2. The van der Waals surface area contributed by atoms with Crippen LogP contribution in [0.5, 0.6) is 17.2 Å². The Bertz CT molecular complexity index is 1930. The molecule has 0 aliphatic rings. The summed E-state index contributed by atoms with van der Waals surface area (Å²) in [5.74, 6) is 1.23. The van der Waals surface area contributed by atoms with Crippen molar-refractivity contribution in [2.45, 2.75) is 32.4 Å². The van der Waals surface area contributed by atoms with Gasteiger partial charge >= 0.3 is 8.32 Å². The molecule has 0 saturated carbocycles. The molecular formula is C36H35ClFN5O3Si. The molecular weight excluding hydrogens is 633 g/mol. The summed E-state index contributed by atoms with van der Waals surface area (Å²) in [6.45, 7) is 7.54. The number of benzene rings is 4. The third kappa shape index (κ3) is 6.52. The van der Waals surface area contributed by atoms with Crippen LogP contribution in [0.25, 0.3) is 10.9 Å². The molecule has 240 valence electrons. The van der Waals surface area contributed by atoms with E-state index in [1.807, 2.05) is 47.2 Å². The Balaban J connectivity index is 1.37. The van der Waals surface area contributed by atoms with Gasteiger partial charge in [0.25, 0.3) is 0 Å². The molecule has 2 aromatic heterocycles. The number of rotatable bonds is 11. The maximum absolute atomic E-state index is 15.6. The second-order valence-corrected chi connectivity index (χ2v) is 16.7. The minimum atomic E-state index is -3.04. The SMILES string of the molecule is COc1cc2c(Nc3cc(O[Si](c4ccccc4)(c4ccccc4)C(C)(C)C)c(Cl)cc3F)ncnc2cc1OCCn1ccnc1. The monoisotopic (exact) mass is 667 g/mol. The van der Waals surface area contributed by atoms with Crippen molar-refractivity contribution in [3.63, 3.8) is 0 Å². The number of anilines is 2. The van der Waals surface area contributed by atoms with E-state index in [-0.39, 0.29) is 15.7 Å². The highest BCUT2D eigenvalue weighted by Gasteiger charge is 2.52. The van der Waals surface area contributed by atoms with Crippen molar-refractivity contribution < 1.29 is 18.3 Å². The molecule has 6 aromatic rings. The average molecular weight is 668 g/mol. The van der Waals surface area contributed by atoms with E-state index in [1.165, 1.54) is 12.4 Å². The van der Waals surface area contributed by atoms with Crippen LogP contribution in [0.1, 0.15) is 20.8 Å². The number of halogens is 2. The Hall–Kier alpha value is -4.93. The largest absolute Gasteiger partial charge is 0.533 e. The number of nitrogens with one attached hydrogen (secondary N) is 1. The lowest BCUT2D eigenvalue weighted by Crippen LogP contribution is -2.68. The maximum Gasteiger partial charge on any atom is 0.320 e. The number of hydrogen-bond acceptors (Lipinski definition) is 7. The molecule has 4 aromatic carbocycles. The molecule has 0 unspecified atom stereocenters. The molecule has 0 radical (unpaired) electrons. The van der Waals surface area contributed by atoms with E-state index in [0.29, 0.717) is 47.1 Å². The van der Waals surface area contributed by atoms with Crippen LogP contribution >= 0.6 is 11.6 Å². The predicted molar refractivity (Wildman–Crippen MR) is 187 cm³/mol. The Kier molecular flexibility index (Phi) is 9.15. The minimum Gasteiger partial charge on any atom is -0.533 e. The van der Waals surface area contributed by atoms with Crippen molar-refractivity contribution in [3.05, 3.63) is 121 Å². The zero-order valence-electron chi connectivity index (χ0n) is 26.6. The van der Waals surface area contributed by atoms with Crippen LogP contribution in [0, 0.1) is 5.82 Å². The van der Waals surface area contributed by atoms with Gasteiger partial charge in [-0.15, -0.1) is 0 Å². The Morgan fingerprint density at radius 2 is 1.60 bits per heavy atom. The average Bonchev–Trinajstić information content (AvgIpc) is 3.59. The molecule has 8 nitrogen and oxygen atoms in total. The van der Waals surface area contributed by atoms with Crippen LogP contribution in [0.2, 0.25) is 10.1 Å². The predicted octanol–water partition coefficient (Wildman–Crippen LogP) is 7.39. The first-order valence-corrected chi connectivity index (χ1v) is 17.5. The van der Waals surface area contributed by atoms with Gasteiger partial charge in [-0.05, 0) is 27.5 Å². The van der Waals surface area contributed by atoms with Crippen molar-refractivity contribution in [1.82, 2.24) is 19.5 Å². The van der Waals surface area contributed by atoms with E-state index >= 15 is 4.39 Å². The minimum absolute atomic E-state index is 0.155. The van der Waals surface area contributed by atoms with Gasteiger partial charge in [-0.1, -0.05) is 93.0 Å². The molecule has 0 aliphatic carbocycles. The first-order valence-electron chi connectivity index (χ1n) is 15.2. The smallest absolute Gasteiger partial charge is 0.320 e. The fraction of sp³-hybridized carbons (Fsp3) is 0.194. The van der Waals surface area contributed by atoms with Gasteiger partial charge in [0.05, 0.1) is 36.2 Å². The molecule has 47 heavy (non-hydrogen) atoms. The van der Waals surface area contributed by atoms with Crippen molar-refractivity contribution in [1.29, 1.82) is 0 Å². The van der Waals surface area contributed by atoms with Gasteiger partial charge in [-0.25, -0.2) is 19.3 Å². The summed E-state index contributed by atoms with van der Waals surface area (Å²) in [5.41, 5.74) is 0.751. The molecule has 0 aliphatic heterocycles. The van der Waals surface area contributed by atoms with E-state index in [9.17, 15) is 0 Å². The highest BCUT2D eigenvalue weighted by molar-refractivity contribution is 7.00. The lowest BCUT2D eigenvalue weighted by Gasteiger charge is -2.43. The highest BCUT2D eigenvalue weighted by atomic mass is 35.5. The molecule has 2 heterocycles. The van der Waals surface area contributed by atoms with Crippen molar-refractivity contribution >= 4 is 52.7 Å². The second-order valence-electron chi connectivity index (χ2n) is 12.0. The number of ether oxygens (including phenoxy) is 2. The van der Waals surface area contributed by atoms with Crippen LogP contribution in [0.3, 0.4) is 0 Å². The number of imidazole rings is 1. The third-order valence-electron chi connectivity index (χ3n) is 8.04. The van der Waals surface area contributed by atoms with Gasteiger partial charge in [-0.2, -0.15) is 0 Å². The Morgan fingerprint density at radius 3 is 2.21 bits per heavy atom. The molecule has 11 heteroatoms. The zero-order valence-corrected chi connectivity index (χ0v) is 28.3. The molecule has 0 spiro atoms. The topological polar surface area (TPSA) is 83.3 Å². The standard InChI is InChI=1S/C36H35ClFN5O3Si/c1-36(2,3)47(25-11-7-5-8-12-25,26-13-9-6-10-14-26)46-32-22-31(29(38)20-28(32)37)42-35-27-19-33(44-4)34(21-30(27)40-23-41-35)45-18-17-43-16-15-39-24-43/h5-16,19-24H,17-18H2,1-4H3,(H,40,41,42). The molecule has 0 saturated heterocycles. The summed E-state index contributed by atoms with van der Waals surface area (Å²) in [4.78, 5) is 12.9. The normalized spacial score (nSPS) is 11.8. The van der Waals surface area contributed by atoms with E-state index in [4.69, 9.17) is 25.5 Å². The first kappa shape index (κ1) is 32.0. The third-order valence-corrected chi connectivity index (χ3v) is 13.3. The van der Waals surface area contributed by atoms with Crippen LogP contribution < -0.4 is 29.6 Å². The number of aromatic nitrogens is 4. The van der Waals surface area contributed by atoms with E-state index in [2.05, 4.69) is 65.3 Å². The number of nitrogens with zero attached hydrogens (tertiary/aromatic N) is 4. The molecule has 1 N–H and O–H groups in total. The Morgan fingerprint density at radius 1 is 0.894 bits per heavy atom. The summed E-state index contributed by atoms with van der Waals surface area (Å²) >= 11 is 6.73. The van der Waals surface area contributed by atoms with Crippen molar-refractivity contribution in [2.24, 2.45) is 0 Å². The van der Waals surface area contributed by atoms with Crippen LogP contribution in [-0.2, 0) is 6.54 Å². The van der Waals surface area contributed by atoms with Crippen molar-refractivity contribution in [2.75, 3.05) is 19.0 Å². The summed E-state index contributed by atoms with van der Waals surface area (Å²) in [6.07, 6.45) is 6.73. The lowest BCUT2D eigenvalue weighted by molar-refractivity contribution is 0.280. The van der Waals surface area contributed by atoms with E-state index in [1.54, 1.807) is 37.8 Å². The summed E-state index contributed by atoms with van der Waals surface area (Å²) in [5, 5.41) is 5.79. The number of methoxy groups -OCH3 is 1. The Labute approximate surface area is 279 Å². The fourth-order valence-electron chi connectivity index (χ4n) is 5.76. The van der Waals surface area contributed by atoms with Crippen LogP contribution in [-0.4, -0.2) is 41.6 Å². The summed E-state index contributed by atoms with van der Waals surface area (Å²) in [6, 6.07) is 26.8. The van der Waals surface area contributed by atoms with Crippen LogP contribution in [0.15, 0.2) is 110 Å². The van der Waals surface area contributed by atoms with Gasteiger partial charge in [-0.3, -0.25) is 0 Å². The highest BCUT2D eigenvalue weighted by Crippen LogP contribution is 2.42. The zero-order chi connectivity index (χ0) is 33.0. The summed E-state index contributed by atoms with van der Waals surface area (Å²) < 4.78 is 36.3. The van der Waals surface area contributed by atoms with Gasteiger partial charge < -0.3 is 23.8 Å². The van der Waals surface area contributed by atoms with E-state index < -0.39 is 14.1 Å². The van der Waals surface area contributed by atoms with Gasteiger partial charge in [0, 0.05) is 29.9 Å². The molecule has 0 amide bonds. The van der Waals surface area contributed by atoms with Gasteiger partial charge in [0.2, 0.25) is 0 Å². The van der Waals surface area contributed by atoms with Crippen molar-refractivity contribution in [3.8, 4) is 17.2 Å². The molecule has 6 rings (SSSR count). The second kappa shape index (κ2) is 13.4. The van der Waals surface area contributed by atoms with Crippen LogP contribution in [0.4, 0.5) is 15.9 Å². The first-order chi connectivity index (χ1) is 22.7. The number of hydrogen-bond donors (Lipinski definition) is 1.